The summed E-state index contributed by atoms with van der Waals surface area (Å²) in [6.07, 6.45) is 3.74. The van der Waals surface area contributed by atoms with Crippen LogP contribution in [0.1, 0.15) is 26.5 Å². The van der Waals surface area contributed by atoms with Gasteiger partial charge in [-0.2, -0.15) is 0 Å². The first-order valence-corrected chi connectivity index (χ1v) is 14.0. The first-order chi connectivity index (χ1) is 19.3. The molecular weight excluding hydrogens is 530 g/mol. The highest BCUT2D eigenvalue weighted by Gasteiger charge is 2.20. The maximum Gasteiger partial charge on any atom is 0.324 e. The van der Waals surface area contributed by atoms with Gasteiger partial charge in [-0.25, -0.2) is 14.8 Å². The summed E-state index contributed by atoms with van der Waals surface area (Å²) in [5.74, 6) is 1.82. The van der Waals surface area contributed by atoms with Crippen LogP contribution in [0.3, 0.4) is 0 Å². The molecule has 0 aliphatic carbocycles. The van der Waals surface area contributed by atoms with E-state index in [1.807, 2.05) is 61.7 Å². The third-order valence-corrected chi connectivity index (χ3v) is 7.61. The van der Waals surface area contributed by atoms with E-state index in [-0.39, 0.29) is 5.41 Å². The second-order valence-electron chi connectivity index (χ2n) is 10.7. The standard InChI is InChI=1S/C28H31N7O4S/c1-28(2,3)23-15-24(33-39-23)32-26(36)30-19-6-4-18(5-7-19)21-17-35-25-22(40-27(35)31-21)14-20(16-29-25)38-13-10-34-8-11-37-12-9-34/h4-7,14-17H,8-13H2,1-3H3,(H2,30,32,33,36). The number of fused-ring (bicyclic) bond motifs is 3. The molecule has 1 fully saturated rings. The van der Waals surface area contributed by atoms with Crippen LogP contribution < -0.4 is 15.4 Å². The van der Waals surface area contributed by atoms with Crippen LogP contribution in [0.2, 0.25) is 0 Å². The number of imidazole rings is 1. The molecule has 0 spiro atoms. The first kappa shape index (κ1) is 26.2. The van der Waals surface area contributed by atoms with Crippen LogP contribution in [-0.2, 0) is 10.2 Å². The van der Waals surface area contributed by atoms with Gasteiger partial charge < -0.3 is 19.3 Å². The summed E-state index contributed by atoms with van der Waals surface area (Å²) in [5, 5.41) is 9.43. The number of nitrogens with one attached hydrogen (secondary N) is 2. The predicted molar refractivity (Wildman–Crippen MR) is 154 cm³/mol. The van der Waals surface area contributed by atoms with Crippen LogP contribution in [0.5, 0.6) is 5.75 Å². The highest BCUT2D eigenvalue weighted by Crippen LogP contribution is 2.31. The van der Waals surface area contributed by atoms with E-state index in [2.05, 4.69) is 25.7 Å². The lowest BCUT2D eigenvalue weighted by Crippen LogP contribution is -2.38. The van der Waals surface area contributed by atoms with E-state index in [4.69, 9.17) is 19.0 Å². The molecule has 0 saturated carbocycles. The van der Waals surface area contributed by atoms with Crippen molar-refractivity contribution in [2.24, 2.45) is 0 Å². The summed E-state index contributed by atoms with van der Waals surface area (Å²) >= 11 is 1.57. The van der Waals surface area contributed by atoms with E-state index < -0.39 is 6.03 Å². The van der Waals surface area contributed by atoms with Crippen LogP contribution in [0, 0.1) is 0 Å². The Labute approximate surface area is 235 Å². The fraction of sp³-hybridized carbons (Fsp3) is 0.357. The van der Waals surface area contributed by atoms with E-state index in [1.165, 1.54) is 0 Å². The van der Waals surface area contributed by atoms with Crippen molar-refractivity contribution in [1.29, 1.82) is 0 Å². The Morgan fingerprint density at radius 3 is 2.67 bits per heavy atom. The molecule has 5 heterocycles. The second-order valence-corrected chi connectivity index (χ2v) is 11.7. The second kappa shape index (κ2) is 10.9. The Kier molecular flexibility index (Phi) is 7.13. The van der Waals surface area contributed by atoms with Gasteiger partial charge in [-0.05, 0) is 12.1 Å². The Morgan fingerprint density at radius 1 is 1.12 bits per heavy atom. The van der Waals surface area contributed by atoms with E-state index in [0.29, 0.717) is 23.9 Å². The highest BCUT2D eigenvalue weighted by atomic mass is 32.1. The van der Waals surface area contributed by atoms with Gasteiger partial charge >= 0.3 is 6.03 Å². The minimum Gasteiger partial charge on any atom is -0.491 e. The minimum absolute atomic E-state index is 0.191. The lowest BCUT2D eigenvalue weighted by molar-refractivity contribution is 0.0322. The predicted octanol–water partition coefficient (Wildman–Crippen LogP) is 5.25. The quantitative estimate of drug-likeness (QED) is 0.277. The maximum atomic E-state index is 12.4. The number of amides is 2. The van der Waals surface area contributed by atoms with Gasteiger partial charge in [0.25, 0.3) is 0 Å². The third kappa shape index (κ3) is 5.79. The molecule has 0 unspecified atom stereocenters. The number of hydrogen-bond acceptors (Lipinski definition) is 9. The fourth-order valence-electron chi connectivity index (χ4n) is 4.39. The molecule has 1 saturated heterocycles. The molecule has 5 aromatic rings. The monoisotopic (exact) mass is 561 g/mol. The maximum absolute atomic E-state index is 12.4. The number of thiazole rings is 1. The zero-order chi connectivity index (χ0) is 27.7. The van der Waals surface area contributed by atoms with Crippen molar-refractivity contribution < 1.29 is 18.8 Å². The number of benzene rings is 1. The van der Waals surface area contributed by atoms with Gasteiger partial charge in [-0.1, -0.05) is 49.4 Å². The summed E-state index contributed by atoms with van der Waals surface area (Å²) in [6.45, 7) is 11.0. The third-order valence-electron chi connectivity index (χ3n) is 6.62. The summed E-state index contributed by atoms with van der Waals surface area (Å²) in [6, 6.07) is 10.9. The number of carbonyl (C=O) groups is 1. The van der Waals surface area contributed by atoms with Crippen LogP contribution in [0.25, 0.3) is 26.6 Å². The number of rotatable bonds is 7. The summed E-state index contributed by atoms with van der Waals surface area (Å²) in [4.78, 5) is 25.1. The smallest absolute Gasteiger partial charge is 0.324 e. The molecule has 0 radical (unpaired) electrons. The van der Waals surface area contributed by atoms with Crippen molar-refractivity contribution in [1.82, 2.24) is 24.4 Å². The molecule has 6 rings (SSSR count). The number of aromatic nitrogens is 4. The molecule has 40 heavy (non-hydrogen) atoms. The minimum atomic E-state index is -0.397. The zero-order valence-electron chi connectivity index (χ0n) is 22.6. The van der Waals surface area contributed by atoms with E-state index in [0.717, 1.165) is 65.2 Å². The van der Waals surface area contributed by atoms with E-state index >= 15 is 0 Å². The van der Waals surface area contributed by atoms with Gasteiger partial charge in [0.2, 0.25) is 0 Å². The van der Waals surface area contributed by atoms with E-state index in [9.17, 15) is 4.79 Å². The van der Waals surface area contributed by atoms with Crippen molar-refractivity contribution in [3.05, 3.63) is 54.6 Å². The van der Waals surface area contributed by atoms with Gasteiger partial charge in [0, 0.05) is 54.6 Å². The first-order valence-electron chi connectivity index (χ1n) is 13.2. The Hall–Kier alpha value is -4.00. The molecule has 12 heteroatoms. The number of morpholine rings is 1. The Bertz CT molecular complexity index is 1630. The number of pyridine rings is 1. The summed E-state index contributed by atoms with van der Waals surface area (Å²) in [5.41, 5.74) is 3.06. The van der Waals surface area contributed by atoms with Crippen molar-refractivity contribution in [3.63, 3.8) is 0 Å². The number of anilines is 2. The highest BCUT2D eigenvalue weighted by molar-refractivity contribution is 7.23. The number of ether oxygens (including phenoxy) is 2. The molecular formula is C28H31N7O4S. The summed E-state index contributed by atoms with van der Waals surface area (Å²) in [7, 11) is 0. The van der Waals surface area contributed by atoms with Crippen molar-refractivity contribution in [3.8, 4) is 17.0 Å². The molecule has 1 aliphatic heterocycles. The van der Waals surface area contributed by atoms with Crippen LogP contribution >= 0.6 is 11.3 Å². The van der Waals surface area contributed by atoms with Crippen LogP contribution in [0.4, 0.5) is 16.3 Å². The Morgan fingerprint density at radius 2 is 1.93 bits per heavy atom. The molecule has 0 atom stereocenters. The molecule has 1 aromatic carbocycles. The van der Waals surface area contributed by atoms with Gasteiger partial charge in [0.15, 0.2) is 16.4 Å². The van der Waals surface area contributed by atoms with Crippen molar-refractivity contribution >= 4 is 44.2 Å². The molecule has 2 N–H and O–H groups in total. The molecule has 208 valence electrons. The molecule has 11 nitrogen and oxygen atoms in total. The van der Waals surface area contributed by atoms with Crippen molar-refractivity contribution in [2.45, 2.75) is 26.2 Å². The summed E-state index contributed by atoms with van der Waals surface area (Å²) < 4.78 is 19.7. The lowest BCUT2D eigenvalue weighted by Gasteiger charge is -2.26. The number of hydrogen-bond donors (Lipinski definition) is 2. The number of urea groups is 1. The van der Waals surface area contributed by atoms with Crippen molar-refractivity contribution in [2.75, 3.05) is 50.1 Å². The van der Waals surface area contributed by atoms with Gasteiger partial charge in [-0.15, -0.1) is 0 Å². The van der Waals surface area contributed by atoms with Gasteiger partial charge in [0.1, 0.15) is 18.1 Å². The van der Waals surface area contributed by atoms with E-state index in [1.54, 1.807) is 23.6 Å². The van der Waals surface area contributed by atoms with Crippen LogP contribution in [-0.4, -0.2) is 69.9 Å². The SMILES string of the molecule is CC(C)(C)c1cc(NC(=O)Nc2ccc(-c3cn4c(n3)sc3cc(OCCN5CCOCC5)cnc34)cc2)no1. The number of carbonyl (C=O) groups excluding carboxylic acids is 1. The normalized spacial score (nSPS) is 14.6. The lowest BCUT2D eigenvalue weighted by atomic mass is 9.93. The molecule has 1 aliphatic rings. The fourth-order valence-corrected chi connectivity index (χ4v) is 5.38. The number of nitrogens with zero attached hydrogens (tertiary/aromatic N) is 5. The topological polar surface area (TPSA) is 119 Å². The average Bonchev–Trinajstić information content (AvgIpc) is 3.64. The average molecular weight is 562 g/mol. The molecule has 4 aromatic heterocycles. The zero-order valence-corrected chi connectivity index (χ0v) is 23.5. The molecule has 0 bridgehead atoms. The van der Waals surface area contributed by atoms with Crippen LogP contribution in [0.15, 0.2) is 53.3 Å². The molecule has 2 amide bonds. The van der Waals surface area contributed by atoms with Gasteiger partial charge in [-0.3, -0.25) is 14.6 Å². The van der Waals surface area contributed by atoms with Gasteiger partial charge in [0.05, 0.1) is 29.8 Å². The Balaban J connectivity index is 1.08. The largest absolute Gasteiger partial charge is 0.491 e.